The second-order valence-corrected chi connectivity index (χ2v) is 4.73. The number of ether oxygens (including phenoxy) is 2. The fourth-order valence-corrected chi connectivity index (χ4v) is 2.21. The minimum atomic E-state index is -0.391. The Morgan fingerprint density at radius 2 is 2.16 bits per heavy atom. The van der Waals surface area contributed by atoms with Crippen molar-refractivity contribution in [3.63, 3.8) is 0 Å². The van der Waals surface area contributed by atoms with Gasteiger partial charge < -0.3 is 15.2 Å². The molecule has 1 aromatic heterocycles. The number of pyridine rings is 1. The van der Waals surface area contributed by atoms with E-state index < -0.39 is 5.97 Å². The van der Waals surface area contributed by atoms with Crippen molar-refractivity contribution in [1.82, 2.24) is 4.98 Å². The number of hydrogen-bond acceptors (Lipinski definition) is 5. The van der Waals surface area contributed by atoms with Gasteiger partial charge in [-0.05, 0) is 44.7 Å². The van der Waals surface area contributed by atoms with Crippen molar-refractivity contribution in [3.05, 3.63) is 23.9 Å². The van der Waals surface area contributed by atoms with Crippen molar-refractivity contribution in [2.75, 3.05) is 6.61 Å². The zero-order chi connectivity index (χ0) is 13.7. The third-order valence-electron chi connectivity index (χ3n) is 3.26. The zero-order valence-corrected chi connectivity index (χ0v) is 11.2. The minimum Gasteiger partial charge on any atom is -0.474 e. The van der Waals surface area contributed by atoms with Crippen LogP contribution in [0.1, 0.15) is 43.0 Å². The minimum absolute atomic E-state index is 0.0860. The van der Waals surface area contributed by atoms with Gasteiger partial charge in [-0.25, -0.2) is 9.78 Å². The number of hydrogen-bond donors (Lipinski definition) is 1. The van der Waals surface area contributed by atoms with Gasteiger partial charge in [0.2, 0.25) is 5.88 Å². The number of nitrogens with zero attached hydrogens (tertiary/aromatic N) is 1. The SMILES string of the molecule is CCOC(=O)c1cccnc1OC1CCC(N)CC1. The topological polar surface area (TPSA) is 74.4 Å². The summed E-state index contributed by atoms with van der Waals surface area (Å²) >= 11 is 0. The van der Waals surface area contributed by atoms with Gasteiger partial charge in [-0.1, -0.05) is 0 Å². The van der Waals surface area contributed by atoms with Crippen LogP contribution in [0.4, 0.5) is 0 Å². The Morgan fingerprint density at radius 3 is 2.84 bits per heavy atom. The van der Waals surface area contributed by atoms with Crippen molar-refractivity contribution >= 4 is 5.97 Å². The lowest BCUT2D eigenvalue weighted by Crippen LogP contribution is -2.32. The summed E-state index contributed by atoms with van der Waals surface area (Å²) < 4.78 is 10.8. The maximum absolute atomic E-state index is 11.8. The molecule has 2 N–H and O–H groups in total. The van der Waals surface area contributed by atoms with Crippen LogP contribution in [0.15, 0.2) is 18.3 Å². The van der Waals surface area contributed by atoms with E-state index in [0.29, 0.717) is 18.1 Å². The van der Waals surface area contributed by atoms with Crippen molar-refractivity contribution in [2.24, 2.45) is 5.73 Å². The molecule has 0 aromatic carbocycles. The Labute approximate surface area is 113 Å². The first-order valence-corrected chi connectivity index (χ1v) is 6.75. The van der Waals surface area contributed by atoms with Crippen molar-refractivity contribution in [3.8, 4) is 5.88 Å². The van der Waals surface area contributed by atoms with E-state index in [4.69, 9.17) is 15.2 Å². The average molecular weight is 264 g/mol. The molecule has 1 heterocycles. The average Bonchev–Trinajstić information content (AvgIpc) is 2.42. The molecule has 5 nitrogen and oxygen atoms in total. The quantitative estimate of drug-likeness (QED) is 0.841. The van der Waals surface area contributed by atoms with Gasteiger partial charge in [0, 0.05) is 12.2 Å². The van der Waals surface area contributed by atoms with E-state index in [1.807, 2.05) is 0 Å². The molecule has 0 atom stereocenters. The van der Waals surface area contributed by atoms with Crippen LogP contribution in [-0.4, -0.2) is 29.7 Å². The predicted molar refractivity (Wildman–Crippen MR) is 71.1 cm³/mol. The molecule has 0 aliphatic heterocycles. The van der Waals surface area contributed by atoms with E-state index in [1.54, 1.807) is 25.3 Å². The summed E-state index contributed by atoms with van der Waals surface area (Å²) in [6.07, 6.45) is 5.41. The van der Waals surface area contributed by atoms with Crippen LogP contribution in [0, 0.1) is 0 Å². The molecule has 5 heteroatoms. The van der Waals surface area contributed by atoms with Gasteiger partial charge in [-0.15, -0.1) is 0 Å². The van der Waals surface area contributed by atoms with Gasteiger partial charge >= 0.3 is 5.97 Å². The summed E-state index contributed by atoms with van der Waals surface area (Å²) in [6.45, 7) is 2.11. The summed E-state index contributed by atoms with van der Waals surface area (Å²) in [4.78, 5) is 15.9. The third kappa shape index (κ3) is 3.67. The molecule has 0 unspecified atom stereocenters. The molecule has 0 bridgehead atoms. The number of esters is 1. The summed E-state index contributed by atoms with van der Waals surface area (Å²) in [5.74, 6) is -0.0282. The summed E-state index contributed by atoms with van der Waals surface area (Å²) in [5.41, 5.74) is 6.25. The highest BCUT2D eigenvalue weighted by molar-refractivity contribution is 5.91. The van der Waals surface area contributed by atoms with Gasteiger partial charge in [0.1, 0.15) is 11.7 Å². The maximum Gasteiger partial charge on any atom is 0.343 e. The lowest BCUT2D eigenvalue weighted by atomic mass is 9.94. The number of rotatable bonds is 4. The molecule has 0 amide bonds. The Hall–Kier alpha value is -1.62. The van der Waals surface area contributed by atoms with Gasteiger partial charge in [0.15, 0.2) is 0 Å². The molecule has 1 fully saturated rings. The smallest absolute Gasteiger partial charge is 0.343 e. The van der Waals surface area contributed by atoms with E-state index in [9.17, 15) is 4.79 Å². The monoisotopic (exact) mass is 264 g/mol. The lowest BCUT2D eigenvalue weighted by molar-refractivity contribution is 0.0514. The molecule has 0 saturated heterocycles. The number of carbonyl (C=O) groups is 1. The second kappa shape index (κ2) is 6.52. The van der Waals surface area contributed by atoms with Gasteiger partial charge in [-0.3, -0.25) is 0 Å². The molecule has 0 spiro atoms. The summed E-state index contributed by atoms with van der Waals surface area (Å²) in [6, 6.07) is 3.65. The normalized spacial score (nSPS) is 22.8. The van der Waals surface area contributed by atoms with Crippen LogP contribution < -0.4 is 10.5 Å². The van der Waals surface area contributed by atoms with Crippen LogP contribution in [-0.2, 0) is 4.74 Å². The zero-order valence-electron chi connectivity index (χ0n) is 11.2. The van der Waals surface area contributed by atoms with Crippen LogP contribution in [0.25, 0.3) is 0 Å². The van der Waals surface area contributed by atoms with Crippen molar-refractivity contribution in [2.45, 2.75) is 44.8 Å². The van der Waals surface area contributed by atoms with E-state index in [1.165, 1.54) is 0 Å². The molecular formula is C14H20N2O3. The van der Waals surface area contributed by atoms with E-state index in [-0.39, 0.29) is 12.1 Å². The molecular weight excluding hydrogens is 244 g/mol. The number of nitrogens with two attached hydrogens (primary N) is 1. The van der Waals surface area contributed by atoms with Crippen molar-refractivity contribution < 1.29 is 14.3 Å². The maximum atomic E-state index is 11.8. The fraction of sp³-hybridized carbons (Fsp3) is 0.571. The van der Waals surface area contributed by atoms with Crippen LogP contribution in [0.2, 0.25) is 0 Å². The van der Waals surface area contributed by atoms with Crippen LogP contribution in [0.5, 0.6) is 5.88 Å². The highest BCUT2D eigenvalue weighted by Crippen LogP contribution is 2.24. The number of carbonyl (C=O) groups excluding carboxylic acids is 1. The van der Waals surface area contributed by atoms with Crippen LogP contribution in [0.3, 0.4) is 0 Å². The number of aromatic nitrogens is 1. The summed E-state index contributed by atoms with van der Waals surface area (Å²) in [5, 5.41) is 0. The van der Waals surface area contributed by atoms with Gasteiger partial charge in [-0.2, -0.15) is 0 Å². The van der Waals surface area contributed by atoms with E-state index in [0.717, 1.165) is 25.7 Å². The first kappa shape index (κ1) is 13.8. The van der Waals surface area contributed by atoms with Crippen LogP contribution >= 0.6 is 0 Å². The van der Waals surface area contributed by atoms with Crippen molar-refractivity contribution in [1.29, 1.82) is 0 Å². The Kier molecular flexibility index (Phi) is 4.74. The molecule has 1 aromatic rings. The Bertz CT molecular complexity index is 428. The first-order chi connectivity index (χ1) is 9.20. The van der Waals surface area contributed by atoms with Gasteiger partial charge in [0.05, 0.1) is 6.61 Å². The van der Waals surface area contributed by atoms with E-state index in [2.05, 4.69) is 4.98 Å². The molecule has 1 saturated carbocycles. The molecule has 1 aliphatic carbocycles. The molecule has 19 heavy (non-hydrogen) atoms. The molecule has 104 valence electrons. The van der Waals surface area contributed by atoms with E-state index >= 15 is 0 Å². The fourth-order valence-electron chi connectivity index (χ4n) is 2.21. The third-order valence-corrected chi connectivity index (χ3v) is 3.26. The molecule has 1 aliphatic rings. The summed E-state index contributed by atoms with van der Waals surface area (Å²) in [7, 11) is 0. The largest absolute Gasteiger partial charge is 0.474 e. The van der Waals surface area contributed by atoms with Gasteiger partial charge in [0.25, 0.3) is 0 Å². The lowest BCUT2D eigenvalue weighted by Gasteiger charge is -2.26. The first-order valence-electron chi connectivity index (χ1n) is 6.75. The Balaban J connectivity index is 2.05. The highest BCUT2D eigenvalue weighted by Gasteiger charge is 2.23. The highest BCUT2D eigenvalue weighted by atomic mass is 16.5. The molecule has 2 rings (SSSR count). The second-order valence-electron chi connectivity index (χ2n) is 4.73. The molecule has 0 radical (unpaired) electrons. The predicted octanol–water partition coefficient (Wildman–Crippen LogP) is 1.91. The standard InChI is InChI=1S/C14H20N2O3/c1-2-18-14(17)12-4-3-9-16-13(12)19-11-7-5-10(15)6-8-11/h3-4,9-11H,2,5-8,15H2,1H3. The Morgan fingerprint density at radius 1 is 1.42 bits per heavy atom.